The highest BCUT2D eigenvalue weighted by molar-refractivity contribution is 6.33. The van der Waals surface area contributed by atoms with Crippen molar-refractivity contribution in [3.63, 3.8) is 0 Å². The Morgan fingerprint density at radius 3 is 1.97 bits per heavy atom. The number of halogens is 1. The van der Waals surface area contributed by atoms with E-state index in [-0.39, 0.29) is 6.17 Å². The molecule has 37 heavy (non-hydrogen) atoms. The lowest BCUT2D eigenvalue weighted by Crippen LogP contribution is -2.90. The summed E-state index contributed by atoms with van der Waals surface area (Å²) in [5.74, 6) is 1.63. The molecule has 2 N–H and O–H groups in total. The minimum atomic E-state index is -0.194. The number of hydrogen-bond donors (Lipinski definition) is 1. The van der Waals surface area contributed by atoms with Gasteiger partial charge in [-0.05, 0) is 35.9 Å². The molecule has 1 aliphatic heterocycles. The summed E-state index contributed by atoms with van der Waals surface area (Å²) in [6.45, 7) is 0. The van der Waals surface area contributed by atoms with Gasteiger partial charge in [-0.2, -0.15) is 4.99 Å². The molecule has 0 saturated carbocycles. The summed E-state index contributed by atoms with van der Waals surface area (Å²) in [6.07, 6.45) is 1.61. The quantitative estimate of drug-likeness (QED) is 0.293. The predicted octanol–water partition coefficient (Wildman–Crippen LogP) is 6.54. The molecule has 5 aromatic rings. The highest BCUT2D eigenvalue weighted by Gasteiger charge is 2.26. The highest BCUT2D eigenvalue weighted by atomic mass is 35.5. The van der Waals surface area contributed by atoms with Crippen LogP contribution in [0.25, 0.3) is 22.4 Å². The fourth-order valence-electron chi connectivity index (χ4n) is 4.47. The van der Waals surface area contributed by atoms with E-state index >= 15 is 0 Å². The summed E-state index contributed by atoms with van der Waals surface area (Å²) in [5.41, 5.74) is 7.14. The van der Waals surface area contributed by atoms with E-state index in [9.17, 15) is 0 Å². The van der Waals surface area contributed by atoms with Crippen molar-refractivity contribution < 1.29 is 5.32 Å². The third kappa shape index (κ3) is 4.98. The molecule has 5 heteroatoms. The van der Waals surface area contributed by atoms with Gasteiger partial charge in [0.15, 0.2) is 5.84 Å². The van der Waals surface area contributed by atoms with Crippen molar-refractivity contribution >= 4 is 23.3 Å². The van der Waals surface area contributed by atoms with Crippen LogP contribution in [-0.4, -0.2) is 16.7 Å². The molecule has 0 radical (unpaired) electrons. The molecule has 0 bridgehead atoms. The Balaban J connectivity index is 1.32. The second-order valence-corrected chi connectivity index (χ2v) is 9.23. The maximum Gasteiger partial charge on any atom is 0.235 e. The van der Waals surface area contributed by atoms with Crippen LogP contribution in [0, 0.1) is 0 Å². The van der Waals surface area contributed by atoms with Crippen LogP contribution >= 0.6 is 11.6 Å². The van der Waals surface area contributed by atoms with Crippen LogP contribution in [0.2, 0.25) is 5.02 Å². The Morgan fingerprint density at radius 1 is 0.622 bits per heavy atom. The number of quaternary nitrogens is 1. The standard InChI is InChI=1S/C32H23ClN4/c33-28-21-26(18-19-27(28)22-14-16-23(17-15-22)29-13-7-8-20-34-29)32-36-30(24-9-3-1-4-10-24)35-31(37-32)25-11-5-2-6-12-25/h1-21,32H,(H,35,36,37)/p+1. The van der Waals surface area contributed by atoms with Crippen molar-refractivity contribution in [2.75, 3.05) is 0 Å². The van der Waals surface area contributed by atoms with E-state index in [2.05, 4.69) is 58.8 Å². The lowest BCUT2D eigenvalue weighted by Gasteiger charge is -2.19. The van der Waals surface area contributed by atoms with Crippen molar-refractivity contribution in [1.82, 2.24) is 4.98 Å². The third-order valence-corrected chi connectivity index (χ3v) is 6.71. The largest absolute Gasteiger partial charge is 0.272 e. The first-order valence-corrected chi connectivity index (χ1v) is 12.6. The fourth-order valence-corrected chi connectivity index (χ4v) is 4.77. The zero-order chi connectivity index (χ0) is 25.0. The second-order valence-electron chi connectivity index (χ2n) is 8.82. The van der Waals surface area contributed by atoms with Gasteiger partial charge in [0.1, 0.15) is 0 Å². The van der Waals surface area contributed by atoms with Gasteiger partial charge in [-0.3, -0.25) is 10.3 Å². The first kappa shape index (κ1) is 23.0. The van der Waals surface area contributed by atoms with Crippen molar-refractivity contribution in [2.24, 2.45) is 9.98 Å². The molecular formula is C32H24ClN4+. The minimum Gasteiger partial charge on any atom is -0.272 e. The van der Waals surface area contributed by atoms with Gasteiger partial charge >= 0.3 is 0 Å². The number of aliphatic imine (C=N–C) groups is 2. The monoisotopic (exact) mass is 499 g/mol. The molecule has 0 saturated heterocycles. The van der Waals surface area contributed by atoms with Crippen LogP contribution in [0.3, 0.4) is 0 Å². The van der Waals surface area contributed by atoms with Crippen molar-refractivity contribution in [3.8, 4) is 22.4 Å². The molecule has 0 aliphatic carbocycles. The van der Waals surface area contributed by atoms with E-state index in [0.29, 0.717) is 5.02 Å². The lowest BCUT2D eigenvalue weighted by molar-refractivity contribution is -0.586. The molecule has 0 spiro atoms. The molecule has 6 rings (SSSR count). The molecule has 0 fully saturated rings. The van der Waals surface area contributed by atoms with E-state index in [0.717, 1.165) is 50.7 Å². The molecule has 1 atom stereocenters. The normalized spacial score (nSPS) is 15.1. The minimum absolute atomic E-state index is 0.194. The molecule has 1 aliphatic rings. The SMILES string of the molecule is Clc1cc(C2N=C(c3ccccc3)N=C(c3ccccc3)[NH2+]2)ccc1-c1ccc(-c2ccccn2)cc1. The van der Waals surface area contributed by atoms with Gasteiger partial charge in [0.25, 0.3) is 0 Å². The van der Waals surface area contributed by atoms with Gasteiger partial charge in [-0.25, -0.2) is 4.99 Å². The third-order valence-electron chi connectivity index (χ3n) is 6.40. The molecule has 0 amide bonds. The van der Waals surface area contributed by atoms with Gasteiger partial charge in [0.05, 0.1) is 11.3 Å². The number of aromatic nitrogens is 1. The van der Waals surface area contributed by atoms with E-state index in [1.807, 2.05) is 72.8 Å². The van der Waals surface area contributed by atoms with E-state index in [4.69, 9.17) is 21.6 Å². The van der Waals surface area contributed by atoms with Crippen LogP contribution in [0.5, 0.6) is 0 Å². The van der Waals surface area contributed by atoms with E-state index in [1.54, 1.807) is 6.20 Å². The van der Waals surface area contributed by atoms with Gasteiger partial charge in [0, 0.05) is 33.5 Å². The van der Waals surface area contributed by atoms with Gasteiger partial charge in [0.2, 0.25) is 12.0 Å². The maximum absolute atomic E-state index is 6.84. The zero-order valence-corrected chi connectivity index (χ0v) is 20.8. The van der Waals surface area contributed by atoms with Crippen molar-refractivity contribution in [3.05, 3.63) is 149 Å². The Hall–Kier alpha value is -4.38. The summed E-state index contributed by atoms with van der Waals surface area (Å²) in [4.78, 5) is 14.3. The number of rotatable bonds is 5. The van der Waals surface area contributed by atoms with Crippen LogP contribution < -0.4 is 5.32 Å². The summed E-state index contributed by atoms with van der Waals surface area (Å²) in [5, 5.41) is 2.80. The maximum atomic E-state index is 6.84. The van der Waals surface area contributed by atoms with Gasteiger partial charge < -0.3 is 0 Å². The van der Waals surface area contributed by atoms with E-state index in [1.165, 1.54) is 0 Å². The molecule has 1 unspecified atom stereocenters. The second kappa shape index (κ2) is 10.3. The number of hydrogen-bond acceptors (Lipinski definition) is 3. The Labute approximate surface area is 221 Å². The smallest absolute Gasteiger partial charge is 0.235 e. The highest BCUT2D eigenvalue weighted by Crippen LogP contribution is 2.32. The zero-order valence-electron chi connectivity index (χ0n) is 20.0. The van der Waals surface area contributed by atoms with Gasteiger partial charge in [-0.1, -0.05) is 103 Å². The lowest BCUT2D eigenvalue weighted by atomic mass is 10.0. The summed E-state index contributed by atoms with van der Waals surface area (Å²) < 4.78 is 0. The number of amidine groups is 2. The average molecular weight is 500 g/mol. The topological polar surface area (TPSA) is 54.2 Å². The van der Waals surface area contributed by atoms with Crippen LogP contribution in [0.15, 0.2) is 138 Å². The van der Waals surface area contributed by atoms with Gasteiger partial charge in [-0.15, -0.1) is 0 Å². The first-order valence-electron chi connectivity index (χ1n) is 12.2. The molecule has 1 aromatic heterocycles. The summed E-state index contributed by atoms with van der Waals surface area (Å²) >= 11 is 6.84. The van der Waals surface area contributed by atoms with Crippen molar-refractivity contribution in [2.45, 2.75) is 6.17 Å². The number of benzene rings is 4. The van der Waals surface area contributed by atoms with Crippen LogP contribution in [0.1, 0.15) is 22.9 Å². The van der Waals surface area contributed by atoms with Crippen LogP contribution in [0.4, 0.5) is 0 Å². The Bertz CT molecular complexity index is 1580. The Kier molecular flexibility index (Phi) is 6.42. The summed E-state index contributed by atoms with van der Waals surface area (Å²) in [6, 6.07) is 40.8. The molecular weight excluding hydrogens is 476 g/mol. The first-order chi connectivity index (χ1) is 18.2. The average Bonchev–Trinajstić information content (AvgIpc) is 2.98. The van der Waals surface area contributed by atoms with E-state index < -0.39 is 0 Å². The molecule has 178 valence electrons. The number of pyridine rings is 1. The number of nitrogens with two attached hydrogens (primary N) is 1. The Morgan fingerprint density at radius 2 is 1.30 bits per heavy atom. The van der Waals surface area contributed by atoms with Crippen LogP contribution in [-0.2, 0) is 0 Å². The summed E-state index contributed by atoms with van der Waals surface area (Å²) in [7, 11) is 0. The molecule has 2 heterocycles. The number of nitrogens with zero attached hydrogens (tertiary/aromatic N) is 3. The molecule has 4 nitrogen and oxygen atoms in total. The van der Waals surface area contributed by atoms with Crippen molar-refractivity contribution in [1.29, 1.82) is 0 Å². The fraction of sp³-hybridized carbons (Fsp3) is 0.0312. The predicted molar refractivity (Wildman–Crippen MR) is 151 cm³/mol. The molecule has 4 aromatic carbocycles.